The number of carbonyl (C=O) groups is 1. The maximum absolute atomic E-state index is 12.9. The molecule has 32 heavy (non-hydrogen) atoms. The predicted molar refractivity (Wildman–Crippen MR) is 125 cm³/mol. The van der Waals surface area contributed by atoms with Crippen LogP contribution in [-0.2, 0) is 21.3 Å². The second-order valence-electron chi connectivity index (χ2n) is 9.17. The third kappa shape index (κ3) is 5.81. The first-order chi connectivity index (χ1) is 15.0. The maximum Gasteiger partial charge on any atom is 0.411 e. The van der Waals surface area contributed by atoms with Crippen molar-refractivity contribution in [3.8, 4) is 0 Å². The summed E-state index contributed by atoms with van der Waals surface area (Å²) in [6, 6.07) is 16.0. The molecule has 0 radical (unpaired) electrons. The molecule has 2 atom stereocenters. The number of sulfonamides is 1. The molecule has 0 unspecified atom stereocenters. The Kier molecular flexibility index (Phi) is 7.15. The first-order valence-corrected chi connectivity index (χ1v) is 12.6. The molecule has 1 aliphatic heterocycles. The summed E-state index contributed by atoms with van der Waals surface area (Å²) in [7, 11) is -3.54. The van der Waals surface area contributed by atoms with Gasteiger partial charge >= 0.3 is 6.09 Å². The molecule has 0 bridgehead atoms. The Hall–Kier alpha value is -2.58. The first kappa shape index (κ1) is 24.1. The molecule has 1 fully saturated rings. The highest BCUT2D eigenvalue weighted by Gasteiger charge is 2.40. The normalized spacial score (nSPS) is 19.1. The summed E-state index contributed by atoms with van der Waals surface area (Å²) in [5.41, 5.74) is 1.56. The van der Waals surface area contributed by atoms with Crippen LogP contribution in [0.3, 0.4) is 0 Å². The van der Waals surface area contributed by atoms with Crippen molar-refractivity contribution < 1.29 is 23.1 Å². The molecule has 0 aromatic heterocycles. The first-order valence-electron chi connectivity index (χ1n) is 10.7. The van der Waals surface area contributed by atoms with Gasteiger partial charge in [-0.1, -0.05) is 42.5 Å². The highest BCUT2D eigenvalue weighted by molar-refractivity contribution is 7.92. The van der Waals surface area contributed by atoms with E-state index in [9.17, 15) is 18.3 Å². The number of ether oxygens (including phenoxy) is 1. The van der Waals surface area contributed by atoms with Gasteiger partial charge in [0.15, 0.2) is 0 Å². The Morgan fingerprint density at radius 2 is 1.81 bits per heavy atom. The minimum atomic E-state index is -3.54. The van der Waals surface area contributed by atoms with E-state index in [1.807, 2.05) is 42.5 Å². The van der Waals surface area contributed by atoms with E-state index < -0.39 is 21.7 Å². The third-order valence-corrected chi connectivity index (χ3v) is 6.57. The largest absolute Gasteiger partial charge is 0.444 e. The highest BCUT2D eigenvalue weighted by atomic mass is 32.2. The van der Waals surface area contributed by atoms with Crippen LogP contribution in [0.5, 0.6) is 0 Å². The van der Waals surface area contributed by atoms with E-state index >= 15 is 0 Å². The Morgan fingerprint density at radius 3 is 2.41 bits per heavy atom. The number of amides is 1. The molecule has 1 N–H and O–H groups in total. The van der Waals surface area contributed by atoms with Gasteiger partial charge in [0, 0.05) is 0 Å². The average molecular weight is 461 g/mol. The van der Waals surface area contributed by atoms with Gasteiger partial charge in [0.05, 0.1) is 37.2 Å². The van der Waals surface area contributed by atoms with Crippen molar-refractivity contribution in [2.45, 2.75) is 57.8 Å². The van der Waals surface area contributed by atoms with Crippen molar-refractivity contribution in [1.82, 2.24) is 4.90 Å². The lowest BCUT2D eigenvalue weighted by Crippen LogP contribution is -2.42. The number of rotatable bonds is 6. The molecule has 2 aromatic rings. The summed E-state index contributed by atoms with van der Waals surface area (Å²) in [5, 5.41) is 9.82. The lowest BCUT2D eigenvalue weighted by Gasteiger charge is -2.32. The fourth-order valence-electron chi connectivity index (χ4n) is 4.02. The fraction of sp³-hybridized carbons (Fsp3) is 0.458. The SMILES string of the molecule is CC(C)(C)OC(=O)N1[C@@H](CO)CC[C@H]1c1cccc(N(Cc2ccccc2)S(C)(=O)=O)c1. The van der Waals surface area contributed by atoms with E-state index in [1.54, 1.807) is 37.8 Å². The third-order valence-electron chi connectivity index (χ3n) is 5.43. The van der Waals surface area contributed by atoms with Crippen molar-refractivity contribution >= 4 is 21.8 Å². The lowest BCUT2D eigenvalue weighted by molar-refractivity contribution is 0.00868. The van der Waals surface area contributed by atoms with E-state index in [0.717, 1.165) is 11.1 Å². The standard InChI is InChI=1S/C24H32N2O5S/c1-24(2,3)31-23(28)26-21(17-27)13-14-22(26)19-11-8-12-20(15-19)25(32(4,29)30)16-18-9-6-5-7-10-18/h5-12,15,21-22,27H,13-14,16-17H2,1-4H3/t21-,22+/m1/s1. The highest BCUT2D eigenvalue weighted by Crippen LogP contribution is 2.38. The number of benzene rings is 2. The number of nitrogens with zero attached hydrogens (tertiary/aromatic N) is 2. The summed E-state index contributed by atoms with van der Waals surface area (Å²) < 4.78 is 32.2. The molecule has 0 spiro atoms. The number of hydrogen-bond donors (Lipinski definition) is 1. The Bertz CT molecular complexity index is 1030. The molecule has 0 aliphatic carbocycles. The van der Waals surface area contributed by atoms with Crippen molar-refractivity contribution in [3.63, 3.8) is 0 Å². The predicted octanol–water partition coefficient (Wildman–Crippen LogP) is 4.09. The number of hydrogen-bond acceptors (Lipinski definition) is 5. The van der Waals surface area contributed by atoms with Crippen molar-refractivity contribution in [1.29, 1.82) is 0 Å². The number of anilines is 1. The fourth-order valence-corrected chi connectivity index (χ4v) is 4.90. The summed E-state index contributed by atoms with van der Waals surface area (Å²) in [4.78, 5) is 14.5. The maximum atomic E-state index is 12.9. The Balaban J connectivity index is 1.94. The minimum Gasteiger partial charge on any atom is -0.444 e. The van der Waals surface area contributed by atoms with E-state index in [-0.39, 0.29) is 25.2 Å². The van der Waals surface area contributed by atoms with Gasteiger partial charge in [0.2, 0.25) is 10.0 Å². The topological polar surface area (TPSA) is 87.2 Å². The van der Waals surface area contributed by atoms with E-state index in [0.29, 0.717) is 18.5 Å². The zero-order valence-electron chi connectivity index (χ0n) is 19.1. The zero-order valence-corrected chi connectivity index (χ0v) is 19.9. The van der Waals surface area contributed by atoms with Gasteiger partial charge in [0.1, 0.15) is 5.60 Å². The molecule has 1 amide bonds. The van der Waals surface area contributed by atoms with Crippen molar-refractivity contribution in [2.75, 3.05) is 17.2 Å². The second kappa shape index (κ2) is 9.50. The van der Waals surface area contributed by atoms with Crippen LogP contribution in [0.15, 0.2) is 54.6 Å². The number of aliphatic hydroxyl groups is 1. The van der Waals surface area contributed by atoms with Crippen LogP contribution >= 0.6 is 0 Å². The quantitative estimate of drug-likeness (QED) is 0.702. The number of aliphatic hydroxyl groups excluding tert-OH is 1. The molecule has 0 saturated carbocycles. The van der Waals surface area contributed by atoms with Crippen LogP contribution in [0.2, 0.25) is 0 Å². The lowest BCUT2D eigenvalue weighted by atomic mass is 10.0. The molecule has 1 heterocycles. The summed E-state index contributed by atoms with van der Waals surface area (Å²) in [6.45, 7) is 5.47. The van der Waals surface area contributed by atoms with Gasteiger partial charge in [-0.2, -0.15) is 0 Å². The summed E-state index contributed by atoms with van der Waals surface area (Å²) in [5.74, 6) is 0. The van der Waals surface area contributed by atoms with Gasteiger partial charge in [-0.3, -0.25) is 9.21 Å². The molecular formula is C24H32N2O5S. The molecule has 2 aromatic carbocycles. The molecular weight excluding hydrogens is 428 g/mol. The van der Waals surface area contributed by atoms with Crippen molar-refractivity contribution in [3.05, 3.63) is 65.7 Å². The molecule has 7 nitrogen and oxygen atoms in total. The minimum absolute atomic E-state index is 0.154. The zero-order chi connectivity index (χ0) is 23.5. The van der Waals surface area contributed by atoms with Gasteiger partial charge in [-0.15, -0.1) is 0 Å². The number of carbonyl (C=O) groups excluding carboxylic acids is 1. The Labute approximate surface area is 190 Å². The summed E-state index contributed by atoms with van der Waals surface area (Å²) in [6.07, 6.45) is 2.01. The van der Waals surface area contributed by atoms with E-state index in [1.165, 1.54) is 10.6 Å². The van der Waals surface area contributed by atoms with E-state index in [4.69, 9.17) is 4.74 Å². The monoisotopic (exact) mass is 460 g/mol. The van der Waals surface area contributed by atoms with Crippen LogP contribution in [0.1, 0.15) is 50.8 Å². The second-order valence-corrected chi connectivity index (χ2v) is 11.1. The number of likely N-dealkylation sites (tertiary alicyclic amines) is 1. The molecule has 1 aliphatic rings. The van der Waals surface area contributed by atoms with E-state index in [2.05, 4.69) is 0 Å². The molecule has 174 valence electrons. The molecule has 1 saturated heterocycles. The van der Waals surface area contributed by atoms with Gasteiger partial charge < -0.3 is 9.84 Å². The van der Waals surface area contributed by atoms with Crippen LogP contribution in [-0.4, -0.2) is 49.0 Å². The summed E-state index contributed by atoms with van der Waals surface area (Å²) >= 11 is 0. The van der Waals surface area contributed by atoms with Crippen molar-refractivity contribution in [2.24, 2.45) is 0 Å². The Morgan fingerprint density at radius 1 is 1.12 bits per heavy atom. The molecule has 8 heteroatoms. The van der Waals surface area contributed by atoms with Crippen LogP contribution in [0.25, 0.3) is 0 Å². The smallest absolute Gasteiger partial charge is 0.411 e. The van der Waals surface area contributed by atoms with Crippen LogP contribution in [0.4, 0.5) is 10.5 Å². The van der Waals surface area contributed by atoms with Crippen LogP contribution in [0, 0.1) is 0 Å². The molecule has 3 rings (SSSR count). The average Bonchev–Trinajstić information content (AvgIpc) is 3.15. The van der Waals surface area contributed by atoms with Gasteiger partial charge in [0.25, 0.3) is 0 Å². The van der Waals surface area contributed by atoms with Gasteiger partial charge in [-0.05, 0) is 56.9 Å². The van der Waals surface area contributed by atoms with Gasteiger partial charge in [-0.25, -0.2) is 13.2 Å². The van der Waals surface area contributed by atoms with Crippen LogP contribution < -0.4 is 4.31 Å².